The van der Waals surface area contributed by atoms with Gasteiger partial charge in [0, 0.05) is 0 Å². The second-order valence-electron chi connectivity index (χ2n) is 3.61. The lowest BCUT2D eigenvalue weighted by atomic mass is 10.1. The van der Waals surface area contributed by atoms with Gasteiger partial charge in [0.25, 0.3) is 5.78 Å². The molecule has 1 rings (SSSR count). The number of Topliss-reactive ketones (excluding diaryl/α,β-unsaturated/α-hetero) is 1. The molecule has 0 aromatic heterocycles. The summed E-state index contributed by atoms with van der Waals surface area (Å²) in [6.07, 6.45) is 2.34. The summed E-state index contributed by atoms with van der Waals surface area (Å²) in [6.45, 7) is -0.604. The first-order valence-electron chi connectivity index (χ1n) is 5.17. The minimum absolute atomic E-state index is 0.0677. The number of aliphatic hydroxyl groups is 1. The maximum Gasteiger partial charge on any atom is 0.344 e. The van der Waals surface area contributed by atoms with Crippen molar-refractivity contribution >= 4 is 5.78 Å². The van der Waals surface area contributed by atoms with Crippen LogP contribution < -0.4 is 0 Å². The maximum atomic E-state index is 13.1. The van der Waals surface area contributed by atoms with E-state index in [1.54, 1.807) is 30.3 Å². The highest BCUT2D eigenvalue weighted by Crippen LogP contribution is 2.20. The quantitative estimate of drug-likeness (QED) is 0.616. The number of hydrogen-bond acceptors (Lipinski definition) is 3. The summed E-state index contributed by atoms with van der Waals surface area (Å²) in [4.78, 5) is 10.7. The average Bonchev–Trinajstić information content (AvgIpc) is 2.38. The van der Waals surface area contributed by atoms with E-state index in [2.05, 4.69) is 6.42 Å². The van der Waals surface area contributed by atoms with Gasteiger partial charge in [-0.1, -0.05) is 30.3 Å². The summed E-state index contributed by atoms with van der Waals surface area (Å²) in [6, 6.07) is 8.84. The SMILES string of the molecule is C#CC(=O)C(F)(F)C(O)COCc1ccccc1. The molecule has 1 unspecified atom stereocenters. The zero-order valence-corrected chi connectivity index (χ0v) is 9.48. The normalized spacial score (nSPS) is 12.8. The number of benzene rings is 1. The molecule has 1 aromatic rings. The molecule has 3 nitrogen and oxygen atoms in total. The summed E-state index contributed by atoms with van der Waals surface area (Å²) in [5.74, 6) is -4.44. The molecule has 1 aromatic carbocycles. The lowest BCUT2D eigenvalue weighted by molar-refractivity contribution is -0.162. The summed E-state index contributed by atoms with van der Waals surface area (Å²) in [5.41, 5.74) is 0.774. The first-order valence-corrected chi connectivity index (χ1v) is 5.17. The fourth-order valence-corrected chi connectivity index (χ4v) is 1.21. The number of alkyl halides is 2. The Morgan fingerprint density at radius 3 is 2.61 bits per heavy atom. The lowest BCUT2D eigenvalue weighted by Crippen LogP contribution is -2.43. The molecule has 18 heavy (non-hydrogen) atoms. The van der Waals surface area contributed by atoms with Crippen molar-refractivity contribution in [1.29, 1.82) is 0 Å². The summed E-state index contributed by atoms with van der Waals surface area (Å²) < 4.78 is 31.1. The van der Waals surface area contributed by atoms with Gasteiger partial charge in [0.05, 0.1) is 13.2 Å². The first kappa shape index (κ1) is 14.3. The number of ketones is 1. The molecule has 0 spiro atoms. The smallest absolute Gasteiger partial charge is 0.344 e. The predicted octanol–water partition coefficient (Wildman–Crippen LogP) is 1.40. The van der Waals surface area contributed by atoms with Crippen LogP contribution >= 0.6 is 0 Å². The van der Waals surface area contributed by atoms with Crippen LogP contribution in [0.4, 0.5) is 8.78 Å². The van der Waals surface area contributed by atoms with Crippen molar-refractivity contribution in [2.75, 3.05) is 6.61 Å². The molecule has 0 aliphatic heterocycles. The molecule has 0 saturated heterocycles. The highest BCUT2D eigenvalue weighted by molar-refractivity contribution is 6.00. The van der Waals surface area contributed by atoms with E-state index in [0.29, 0.717) is 0 Å². The van der Waals surface area contributed by atoms with Crippen LogP contribution in [0.1, 0.15) is 5.56 Å². The van der Waals surface area contributed by atoms with Crippen LogP contribution in [0, 0.1) is 12.3 Å². The Morgan fingerprint density at radius 2 is 2.06 bits per heavy atom. The van der Waals surface area contributed by atoms with Crippen molar-refractivity contribution in [2.24, 2.45) is 0 Å². The van der Waals surface area contributed by atoms with Crippen LogP contribution in [0.2, 0.25) is 0 Å². The van der Waals surface area contributed by atoms with Gasteiger partial charge < -0.3 is 9.84 Å². The zero-order chi connectivity index (χ0) is 13.6. The minimum Gasteiger partial charge on any atom is -0.384 e. The van der Waals surface area contributed by atoms with Crippen LogP contribution in [0.5, 0.6) is 0 Å². The minimum atomic E-state index is -3.98. The molecule has 0 fully saturated rings. The molecule has 0 heterocycles. The molecular formula is C13H12F2O3. The Kier molecular flexibility index (Phi) is 4.95. The van der Waals surface area contributed by atoms with E-state index in [4.69, 9.17) is 9.84 Å². The lowest BCUT2D eigenvalue weighted by Gasteiger charge is -2.18. The fourth-order valence-electron chi connectivity index (χ4n) is 1.21. The molecule has 1 N–H and O–H groups in total. The standard InChI is InChI=1S/C13H12F2O3/c1-2-11(16)13(14,15)12(17)9-18-8-10-6-4-3-5-7-10/h1,3-7,12,17H,8-9H2. The van der Waals surface area contributed by atoms with Crippen molar-refractivity contribution < 1.29 is 23.4 Å². The highest BCUT2D eigenvalue weighted by atomic mass is 19.3. The Balaban J connectivity index is 2.45. The van der Waals surface area contributed by atoms with E-state index in [-0.39, 0.29) is 6.61 Å². The molecule has 0 aliphatic carbocycles. The zero-order valence-electron chi connectivity index (χ0n) is 9.48. The van der Waals surface area contributed by atoms with Crippen LogP contribution in [-0.4, -0.2) is 29.5 Å². The van der Waals surface area contributed by atoms with E-state index >= 15 is 0 Å². The third kappa shape index (κ3) is 3.62. The van der Waals surface area contributed by atoms with Gasteiger partial charge in [-0.05, 0) is 11.5 Å². The van der Waals surface area contributed by atoms with Crippen molar-refractivity contribution in [1.82, 2.24) is 0 Å². The van der Waals surface area contributed by atoms with E-state index in [1.165, 1.54) is 5.92 Å². The van der Waals surface area contributed by atoms with Gasteiger partial charge in [-0.2, -0.15) is 8.78 Å². The summed E-state index contributed by atoms with van der Waals surface area (Å²) in [7, 11) is 0. The Labute approximate surface area is 103 Å². The second-order valence-corrected chi connectivity index (χ2v) is 3.61. The van der Waals surface area contributed by atoms with E-state index < -0.39 is 24.4 Å². The molecule has 0 amide bonds. The van der Waals surface area contributed by atoms with Gasteiger partial charge in [-0.3, -0.25) is 4.79 Å². The van der Waals surface area contributed by atoms with Gasteiger partial charge in [-0.15, -0.1) is 6.42 Å². The molecule has 96 valence electrons. The summed E-state index contributed by atoms with van der Waals surface area (Å²) in [5, 5.41) is 9.17. The Hall–Kier alpha value is -1.77. The third-order valence-electron chi connectivity index (χ3n) is 2.24. The van der Waals surface area contributed by atoms with Gasteiger partial charge in [0.1, 0.15) is 6.10 Å². The second kappa shape index (κ2) is 6.24. The number of carbonyl (C=O) groups excluding carboxylic acids is 1. The number of ether oxygens (including phenoxy) is 1. The van der Waals surface area contributed by atoms with Gasteiger partial charge in [0.15, 0.2) is 0 Å². The number of carbonyl (C=O) groups is 1. The number of rotatable bonds is 6. The third-order valence-corrected chi connectivity index (χ3v) is 2.24. The van der Waals surface area contributed by atoms with Crippen LogP contribution in [-0.2, 0) is 16.1 Å². The van der Waals surface area contributed by atoms with Crippen molar-refractivity contribution in [2.45, 2.75) is 18.6 Å². The molecule has 0 aliphatic rings. The van der Waals surface area contributed by atoms with Crippen molar-refractivity contribution in [3.05, 3.63) is 35.9 Å². The molecular weight excluding hydrogens is 242 g/mol. The average molecular weight is 254 g/mol. The van der Waals surface area contributed by atoms with Crippen molar-refractivity contribution in [3.8, 4) is 12.3 Å². The van der Waals surface area contributed by atoms with Crippen LogP contribution in [0.15, 0.2) is 30.3 Å². The maximum absolute atomic E-state index is 13.1. The van der Waals surface area contributed by atoms with Gasteiger partial charge >= 0.3 is 5.92 Å². The summed E-state index contributed by atoms with van der Waals surface area (Å²) >= 11 is 0. The predicted molar refractivity (Wildman–Crippen MR) is 60.9 cm³/mol. The molecule has 0 radical (unpaired) electrons. The molecule has 5 heteroatoms. The van der Waals surface area contributed by atoms with Crippen LogP contribution in [0.3, 0.4) is 0 Å². The highest BCUT2D eigenvalue weighted by Gasteiger charge is 2.45. The molecule has 0 bridgehead atoms. The largest absolute Gasteiger partial charge is 0.384 e. The van der Waals surface area contributed by atoms with E-state index in [1.807, 2.05) is 0 Å². The first-order chi connectivity index (χ1) is 8.48. The topological polar surface area (TPSA) is 46.5 Å². The molecule has 0 saturated carbocycles. The fraction of sp³-hybridized carbons (Fsp3) is 0.308. The van der Waals surface area contributed by atoms with Gasteiger partial charge in [-0.25, -0.2) is 0 Å². The Morgan fingerprint density at radius 1 is 1.44 bits per heavy atom. The monoisotopic (exact) mass is 254 g/mol. The van der Waals surface area contributed by atoms with E-state index in [0.717, 1.165) is 5.56 Å². The Bertz CT molecular complexity index is 437. The van der Waals surface area contributed by atoms with Gasteiger partial charge in [0.2, 0.25) is 0 Å². The number of terminal acetylenes is 1. The number of halogens is 2. The number of hydrogen-bond donors (Lipinski definition) is 1. The van der Waals surface area contributed by atoms with Crippen molar-refractivity contribution in [3.63, 3.8) is 0 Å². The molecule has 1 atom stereocenters. The van der Waals surface area contributed by atoms with Crippen LogP contribution in [0.25, 0.3) is 0 Å². The number of aliphatic hydroxyl groups excluding tert-OH is 1. The van der Waals surface area contributed by atoms with E-state index in [9.17, 15) is 13.6 Å².